The van der Waals surface area contributed by atoms with Crippen molar-refractivity contribution in [3.8, 4) is 0 Å². The summed E-state index contributed by atoms with van der Waals surface area (Å²) in [7, 11) is 0. The van der Waals surface area contributed by atoms with E-state index in [0.717, 1.165) is 60.7 Å². The Morgan fingerprint density at radius 3 is 2.69 bits per heavy atom. The van der Waals surface area contributed by atoms with Crippen LogP contribution in [0, 0.1) is 13.8 Å². The molecule has 0 amide bonds. The number of hydrogen-bond acceptors (Lipinski definition) is 6. The molecule has 2 aliphatic rings. The number of carbonyl (C=O) groups is 1. The minimum atomic E-state index is -0.218. The first-order valence-electron chi connectivity index (χ1n) is 10.1. The molecule has 6 heteroatoms. The van der Waals surface area contributed by atoms with Crippen LogP contribution in [0.15, 0.2) is 36.7 Å². The number of aryl methyl sites for hydroxylation is 1. The minimum absolute atomic E-state index is 0.218. The Labute approximate surface area is 170 Å². The van der Waals surface area contributed by atoms with Crippen LogP contribution in [0.2, 0.25) is 0 Å². The monoisotopic (exact) mass is 388 g/mol. The van der Waals surface area contributed by atoms with Crippen molar-refractivity contribution in [1.29, 1.82) is 0 Å². The fraction of sp³-hybridized carbons (Fsp3) is 0.348. The molecule has 29 heavy (non-hydrogen) atoms. The molecule has 2 aliphatic heterocycles. The lowest BCUT2D eigenvalue weighted by Gasteiger charge is -2.36. The number of carbonyl (C=O) groups excluding carboxylic acids is 1. The van der Waals surface area contributed by atoms with E-state index in [0.29, 0.717) is 12.2 Å². The molecule has 2 aromatic carbocycles. The van der Waals surface area contributed by atoms with E-state index in [9.17, 15) is 4.79 Å². The molecule has 1 fully saturated rings. The maximum atomic E-state index is 12.1. The molecular formula is C23H24N4O2. The zero-order chi connectivity index (χ0) is 20.0. The summed E-state index contributed by atoms with van der Waals surface area (Å²) in [6, 6.07) is 10.2. The number of benzene rings is 2. The first kappa shape index (κ1) is 18.1. The fourth-order valence-electron chi connectivity index (χ4n) is 4.39. The summed E-state index contributed by atoms with van der Waals surface area (Å²) in [5, 5.41) is 2.23. The van der Waals surface area contributed by atoms with Gasteiger partial charge in [0.25, 0.3) is 0 Å². The first-order chi connectivity index (χ1) is 14.1. The largest absolute Gasteiger partial charge is 0.457 e. The van der Waals surface area contributed by atoms with E-state index in [4.69, 9.17) is 4.74 Å². The number of hydrogen-bond donors (Lipinski definition) is 0. The standard InChI is InChI=1S/C23H24N4O2/c1-15-16(2)24-14-25-22(15)27-10-8-26(9-11-27)12-17-6-7-18-13-29-23(28)20-5-3-4-19(17)21(18)20/h3-7,14H,8-13H2,1-2H3. The molecule has 0 spiro atoms. The number of nitrogens with zero attached hydrogens (tertiary/aromatic N) is 4. The Morgan fingerprint density at radius 1 is 1.03 bits per heavy atom. The first-order valence-corrected chi connectivity index (χ1v) is 10.1. The molecule has 0 saturated carbocycles. The van der Waals surface area contributed by atoms with Gasteiger partial charge in [-0.3, -0.25) is 4.90 Å². The van der Waals surface area contributed by atoms with Gasteiger partial charge in [0.15, 0.2) is 0 Å². The summed E-state index contributed by atoms with van der Waals surface area (Å²) in [5.41, 5.74) is 5.25. The van der Waals surface area contributed by atoms with E-state index >= 15 is 0 Å². The van der Waals surface area contributed by atoms with E-state index in [2.05, 4.69) is 44.9 Å². The highest BCUT2D eigenvalue weighted by Crippen LogP contribution is 2.31. The second-order valence-corrected chi connectivity index (χ2v) is 7.86. The molecule has 1 saturated heterocycles. The summed E-state index contributed by atoms with van der Waals surface area (Å²) in [5.74, 6) is 0.835. The lowest BCUT2D eigenvalue weighted by Crippen LogP contribution is -2.46. The third kappa shape index (κ3) is 3.13. The predicted molar refractivity (Wildman–Crippen MR) is 112 cm³/mol. The van der Waals surface area contributed by atoms with E-state index in [1.807, 2.05) is 19.1 Å². The lowest BCUT2D eigenvalue weighted by atomic mass is 9.94. The van der Waals surface area contributed by atoms with Crippen LogP contribution in [-0.2, 0) is 17.9 Å². The van der Waals surface area contributed by atoms with Gasteiger partial charge >= 0.3 is 5.97 Å². The van der Waals surface area contributed by atoms with Gasteiger partial charge in [-0.05, 0) is 36.4 Å². The Hall–Kier alpha value is -2.99. The van der Waals surface area contributed by atoms with E-state index in [-0.39, 0.29) is 5.97 Å². The van der Waals surface area contributed by atoms with Crippen molar-refractivity contribution in [3.05, 3.63) is 64.6 Å². The Morgan fingerprint density at radius 2 is 1.86 bits per heavy atom. The molecule has 1 aromatic heterocycles. The second kappa shape index (κ2) is 7.12. The van der Waals surface area contributed by atoms with Crippen LogP contribution in [0.3, 0.4) is 0 Å². The van der Waals surface area contributed by atoms with E-state index in [1.54, 1.807) is 6.33 Å². The molecule has 0 aliphatic carbocycles. The number of aromatic nitrogens is 2. The molecule has 3 aromatic rings. The Kier molecular flexibility index (Phi) is 4.43. The quantitative estimate of drug-likeness (QED) is 0.642. The minimum Gasteiger partial charge on any atom is -0.457 e. The summed E-state index contributed by atoms with van der Waals surface area (Å²) in [6.07, 6.45) is 1.66. The van der Waals surface area contributed by atoms with Crippen LogP contribution < -0.4 is 4.90 Å². The molecule has 0 bridgehead atoms. The SMILES string of the molecule is Cc1ncnc(N2CCN(Cc3ccc4c5c(cccc35)C(=O)OC4)CC2)c1C. The van der Waals surface area contributed by atoms with Gasteiger partial charge < -0.3 is 9.64 Å². The topological polar surface area (TPSA) is 58.6 Å². The van der Waals surface area contributed by atoms with Crippen molar-refractivity contribution < 1.29 is 9.53 Å². The maximum absolute atomic E-state index is 12.1. The summed E-state index contributed by atoms with van der Waals surface area (Å²) >= 11 is 0. The van der Waals surface area contributed by atoms with Gasteiger partial charge in [-0.15, -0.1) is 0 Å². The van der Waals surface area contributed by atoms with Gasteiger partial charge in [0.1, 0.15) is 18.8 Å². The van der Waals surface area contributed by atoms with Crippen molar-refractivity contribution in [2.75, 3.05) is 31.1 Å². The van der Waals surface area contributed by atoms with E-state index in [1.165, 1.54) is 10.9 Å². The lowest BCUT2D eigenvalue weighted by molar-refractivity contribution is 0.0463. The van der Waals surface area contributed by atoms with Gasteiger partial charge in [0, 0.05) is 49.4 Å². The Balaban J connectivity index is 1.36. The number of esters is 1. The molecule has 148 valence electrons. The molecule has 0 unspecified atom stereocenters. The normalized spacial score (nSPS) is 16.9. The average molecular weight is 388 g/mol. The zero-order valence-electron chi connectivity index (χ0n) is 16.8. The smallest absolute Gasteiger partial charge is 0.339 e. The fourth-order valence-corrected chi connectivity index (χ4v) is 4.39. The molecule has 5 rings (SSSR count). The van der Waals surface area contributed by atoms with Gasteiger partial charge in [0.2, 0.25) is 0 Å². The van der Waals surface area contributed by atoms with Gasteiger partial charge in [-0.2, -0.15) is 0 Å². The summed E-state index contributed by atoms with van der Waals surface area (Å²) < 4.78 is 5.29. The van der Waals surface area contributed by atoms with E-state index < -0.39 is 0 Å². The van der Waals surface area contributed by atoms with Crippen molar-refractivity contribution in [2.45, 2.75) is 27.0 Å². The third-order valence-electron chi connectivity index (χ3n) is 6.17. The highest BCUT2D eigenvalue weighted by molar-refractivity contribution is 6.08. The number of piperazine rings is 1. The molecule has 3 heterocycles. The van der Waals surface area contributed by atoms with Crippen LogP contribution in [0.1, 0.15) is 32.7 Å². The summed E-state index contributed by atoms with van der Waals surface area (Å²) in [4.78, 5) is 25.8. The number of rotatable bonds is 3. The van der Waals surface area contributed by atoms with Crippen molar-refractivity contribution in [3.63, 3.8) is 0 Å². The van der Waals surface area contributed by atoms with Gasteiger partial charge in [0.05, 0.1) is 5.56 Å². The third-order valence-corrected chi connectivity index (χ3v) is 6.17. The zero-order valence-corrected chi connectivity index (χ0v) is 16.8. The van der Waals surface area contributed by atoms with Crippen LogP contribution in [0.25, 0.3) is 10.8 Å². The van der Waals surface area contributed by atoms with Gasteiger partial charge in [-0.1, -0.05) is 24.3 Å². The number of anilines is 1. The summed E-state index contributed by atoms with van der Waals surface area (Å²) in [6.45, 7) is 9.23. The predicted octanol–water partition coefficient (Wildman–Crippen LogP) is 3.24. The number of ether oxygens (including phenoxy) is 1. The molecule has 0 atom stereocenters. The van der Waals surface area contributed by atoms with Gasteiger partial charge in [-0.25, -0.2) is 14.8 Å². The molecular weight excluding hydrogens is 364 g/mol. The highest BCUT2D eigenvalue weighted by Gasteiger charge is 2.24. The van der Waals surface area contributed by atoms with Crippen molar-refractivity contribution in [1.82, 2.24) is 14.9 Å². The average Bonchev–Trinajstić information content (AvgIpc) is 2.75. The highest BCUT2D eigenvalue weighted by atomic mass is 16.5. The van der Waals surface area contributed by atoms with Crippen molar-refractivity contribution >= 4 is 22.6 Å². The number of cyclic esters (lactones) is 1. The Bertz CT molecular complexity index is 1100. The van der Waals surface area contributed by atoms with Crippen LogP contribution in [0.4, 0.5) is 5.82 Å². The molecule has 0 N–H and O–H groups in total. The second-order valence-electron chi connectivity index (χ2n) is 7.86. The van der Waals surface area contributed by atoms with Crippen LogP contribution >= 0.6 is 0 Å². The maximum Gasteiger partial charge on any atom is 0.339 e. The van der Waals surface area contributed by atoms with Crippen LogP contribution in [-0.4, -0.2) is 47.0 Å². The molecule has 6 nitrogen and oxygen atoms in total. The van der Waals surface area contributed by atoms with Crippen LogP contribution in [0.5, 0.6) is 0 Å². The van der Waals surface area contributed by atoms with Crippen molar-refractivity contribution in [2.24, 2.45) is 0 Å². The molecule has 0 radical (unpaired) electrons.